The summed E-state index contributed by atoms with van der Waals surface area (Å²) in [7, 11) is 0. The van der Waals surface area contributed by atoms with Gasteiger partial charge in [-0.25, -0.2) is 0 Å². The summed E-state index contributed by atoms with van der Waals surface area (Å²) in [5, 5.41) is 3.41. The van der Waals surface area contributed by atoms with Crippen LogP contribution in [0, 0.1) is 5.41 Å². The van der Waals surface area contributed by atoms with Crippen LogP contribution in [-0.2, 0) is 6.54 Å². The molecule has 13 heavy (non-hydrogen) atoms. The Hall–Kier alpha value is -0.890. The average Bonchev–Trinajstić information content (AvgIpc) is 2.04. The molecule has 0 radical (unpaired) electrons. The second-order valence-corrected chi connectivity index (χ2v) is 4.52. The zero-order chi connectivity index (χ0) is 9.73. The van der Waals surface area contributed by atoms with Crippen molar-refractivity contribution in [3.05, 3.63) is 30.1 Å². The number of rotatable bonds is 3. The Bertz CT molecular complexity index is 236. The van der Waals surface area contributed by atoms with Crippen LogP contribution in [0.15, 0.2) is 24.5 Å². The topological polar surface area (TPSA) is 24.9 Å². The maximum Gasteiger partial charge on any atom is 0.0271 e. The molecular formula is C11H18N2. The van der Waals surface area contributed by atoms with Gasteiger partial charge in [-0.15, -0.1) is 0 Å². The van der Waals surface area contributed by atoms with Crippen LogP contribution in [0.3, 0.4) is 0 Å². The van der Waals surface area contributed by atoms with Gasteiger partial charge in [0.05, 0.1) is 0 Å². The first kappa shape index (κ1) is 10.2. The van der Waals surface area contributed by atoms with E-state index in [1.807, 2.05) is 24.5 Å². The van der Waals surface area contributed by atoms with Crippen LogP contribution >= 0.6 is 0 Å². The van der Waals surface area contributed by atoms with Gasteiger partial charge in [-0.2, -0.15) is 0 Å². The van der Waals surface area contributed by atoms with Gasteiger partial charge in [0.2, 0.25) is 0 Å². The molecule has 1 N–H and O–H groups in total. The minimum atomic E-state index is 0.354. The third-order valence-electron chi connectivity index (χ3n) is 1.73. The van der Waals surface area contributed by atoms with E-state index in [1.54, 1.807) is 0 Å². The lowest BCUT2D eigenvalue weighted by molar-refractivity contribution is 0.379. The maximum atomic E-state index is 3.97. The van der Waals surface area contributed by atoms with Crippen molar-refractivity contribution in [2.75, 3.05) is 6.54 Å². The summed E-state index contributed by atoms with van der Waals surface area (Å²) in [6.45, 7) is 8.65. The number of aromatic nitrogens is 1. The number of nitrogens with one attached hydrogen (secondary N) is 1. The van der Waals surface area contributed by atoms with Crippen LogP contribution in [0.1, 0.15) is 26.3 Å². The van der Waals surface area contributed by atoms with Crippen LogP contribution in [0.25, 0.3) is 0 Å². The summed E-state index contributed by atoms with van der Waals surface area (Å²) in [5.41, 5.74) is 1.65. The lowest BCUT2D eigenvalue weighted by atomic mass is 9.97. The Morgan fingerprint density at radius 1 is 1.23 bits per heavy atom. The second kappa shape index (κ2) is 4.38. The van der Waals surface area contributed by atoms with E-state index in [4.69, 9.17) is 0 Å². The van der Waals surface area contributed by atoms with Crippen molar-refractivity contribution in [1.29, 1.82) is 0 Å². The minimum Gasteiger partial charge on any atom is -0.312 e. The lowest BCUT2D eigenvalue weighted by Crippen LogP contribution is -2.26. The Morgan fingerprint density at radius 2 is 1.85 bits per heavy atom. The van der Waals surface area contributed by atoms with Gasteiger partial charge in [-0.05, 0) is 23.1 Å². The molecule has 0 amide bonds. The van der Waals surface area contributed by atoms with Gasteiger partial charge in [0, 0.05) is 25.5 Å². The van der Waals surface area contributed by atoms with Crippen molar-refractivity contribution in [1.82, 2.24) is 10.3 Å². The highest BCUT2D eigenvalue weighted by molar-refractivity contribution is 5.08. The molecule has 2 nitrogen and oxygen atoms in total. The first-order valence-electron chi connectivity index (χ1n) is 4.67. The maximum absolute atomic E-state index is 3.97. The van der Waals surface area contributed by atoms with Crippen molar-refractivity contribution < 1.29 is 0 Å². The van der Waals surface area contributed by atoms with Crippen LogP contribution in [0.5, 0.6) is 0 Å². The average molecular weight is 178 g/mol. The normalized spacial score (nSPS) is 11.6. The third kappa shape index (κ3) is 4.63. The fraction of sp³-hybridized carbons (Fsp3) is 0.545. The predicted molar refractivity (Wildman–Crippen MR) is 55.4 cm³/mol. The van der Waals surface area contributed by atoms with E-state index >= 15 is 0 Å². The molecule has 2 heteroatoms. The first-order valence-corrected chi connectivity index (χ1v) is 4.67. The van der Waals surface area contributed by atoms with Crippen molar-refractivity contribution in [2.24, 2.45) is 5.41 Å². The van der Waals surface area contributed by atoms with Crippen LogP contribution in [0.2, 0.25) is 0 Å². The van der Waals surface area contributed by atoms with Crippen molar-refractivity contribution in [3.8, 4) is 0 Å². The van der Waals surface area contributed by atoms with Gasteiger partial charge in [0.25, 0.3) is 0 Å². The molecular weight excluding hydrogens is 160 g/mol. The molecule has 1 heterocycles. The van der Waals surface area contributed by atoms with E-state index in [1.165, 1.54) is 5.56 Å². The van der Waals surface area contributed by atoms with E-state index in [0.29, 0.717) is 5.41 Å². The Morgan fingerprint density at radius 3 is 2.38 bits per heavy atom. The smallest absolute Gasteiger partial charge is 0.0271 e. The summed E-state index contributed by atoms with van der Waals surface area (Å²) in [5.74, 6) is 0. The predicted octanol–water partition coefficient (Wildman–Crippen LogP) is 2.22. The van der Waals surface area contributed by atoms with Gasteiger partial charge < -0.3 is 5.32 Å². The van der Waals surface area contributed by atoms with E-state index in [-0.39, 0.29) is 0 Å². The summed E-state index contributed by atoms with van der Waals surface area (Å²) < 4.78 is 0. The van der Waals surface area contributed by atoms with Crippen LogP contribution < -0.4 is 5.32 Å². The van der Waals surface area contributed by atoms with E-state index in [0.717, 1.165) is 13.1 Å². The Kier molecular flexibility index (Phi) is 3.43. The van der Waals surface area contributed by atoms with Gasteiger partial charge in [-0.1, -0.05) is 20.8 Å². The van der Waals surface area contributed by atoms with Crippen molar-refractivity contribution in [2.45, 2.75) is 27.3 Å². The molecule has 0 aliphatic rings. The molecule has 1 rings (SSSR count). The number of nitrogens with zero attached hydrogens (tertiary/aromatic N) is 1. The Labute approximate surface area is 80.4 Å². The number of pyridine rings is 1. The number of hydrogen-bond donors (Lipinski definition) is 1. The molecule has 1 aromatic heterocycles. The SMILES string of the molecule is CC(C)(C)CNCc1ccncc1. The first-order chi connectivity index (χ1) is 6.08. The molecule has 0 aromatic carbocycles. The molecule has 0 bridgehead atoms. The standard InChI is InChI=1S/C11H18N2/c1-11(2,3)9-13-8-10-4-6-12-7-5-10/h4-7,13H,8-9H2,1-3H3. The minimum absolute atomic E-state index is 0.354. The van der Waals surface area contributed by atoms with E-state index < -0.39 is 0 Å². The molecule has 0 aliphatic carbocycles. The van der Waals surface area contributed by atoms with Gasteiger partial charge in [0.15, 0.2) is 0 Å². The zero-order valence-corrected chi connectivity index (χ0v) is 8.67. The number of hydrogen-bond acceptors (Lipinski definition) is 2. The summed E-state index contributed by atoms with van der Waals surface area (Å²) in [4.78, 5) is 3.97. The highest BCUT2D eigenvalue weighted by atomic mass is 14.9. The molecule has 0 saturated carbocycles. The van der Waals surface area contributed by atoms with Gasteiger partial charge in [-0.3, -0.25) is 4.98 Å². The molecule has 0 fully saturated rings. The molecule has 0 unspecified atom stereocenters. The lowest BCUT2D eigenvalue weighted by Gasteiger charge is -2.18. The van der Waals surface area contributed by atoms with E-state index in [9.17, 15) is 0 Å². The zero-order valence-electron chi connectivity index (χ0n) is 8.67. The van der Waals surface area contributed by atoms with Crippen molar-refractivity contribution in [3.63, 3.8) is 0 Å². The van der Waals surface area contributed by atoms with Crippen molar-refractivity contribution >= 4 is 0 Å². The molecule has 1 aromatic rings. The van der Waals surface area contributed by atoms with E-state index in [2.05, 4.69) is 31.1 Å². The van der Waals surface area contributed by atoms with Crippen LogP contribution in [0.4, 0.5) is 0 Å². The van der Waals surface area contributed by atoms with Crippen LogP contribution in [-0.4, -0.2) is 11.5 Å². The fourth-order valence-electron chi connectivity index (χ4n) is 1.08. The molecule has 0 aliphatic heterocycles. The highest BCUT2D eigenvalue weighted by Gasteiger charge is 2.08. The Balaban J connectivity index is 2.29. The molecule has 0 spiro atoms. The molecule has 0 saturated heterocycles. The molecule has 72 valence electrons. The quantitative estimate of drug-likeness (QED) is 0.767. The monoisotopic (exact) mass is 178 g/mol. The second-order valence-electron chi connectivity index (χ2n) is 4.52. The summed E-state index contributed by atoms with van der Waals surface area (Å²) in [6, 6.07) is 4.07. The van der Waals surface area contributed by atoms with Gasteiger partial charge >= 0.3 is 0 Å². The molecule has 0 atom stereocenters. The van der Waals surface area contributed by atoms with Gasteiger partial charge in [0.1, 0.15) is 0 Å². The largest absolute Gasteiger partial charge is 0.312 e. The third-order valence-corrected chi connectivity index (χ3v) is 1.73. The summed E-state index contributed by atoms with van der Waals surface area (Å²) >= 11 is 0. The summed E-state index contributed by atoms with van der Waals surface area (Å²) in [6.07, 6.45) is 3.65. The fourth-order valence-corrected chi connectivity index (χ4v) is 1.08. The highest BCUT2D eigenvalue weighted by Crippen LogP contribution is 2.10.